The molecule has 0 aliphatic carbocycles. The van der Waals surface area contributed by atoms with Gasteiger partial charge < -0.3 is 0 Å². The molecule has 2 aromatic heterocycles. The van der Waals surface area contributed by atoms with E-state index in [-0.39, 0.29) is 40.5 Å². The number of halogens is 6. The molecule has 7 aromatic carbocycles. The van der Waals surface area contributed by atoms with E-state index in [1.165, 1.54) is 122 Å². The number of aromatic nitrogens is 5. The zero-order valence-corrected chi connectivity index (χ0v) is 33.4. The third-order valence-corrected chi connectivity index (χ3v) is 9.95. The normalized spacial score (nSPS) is 12.1. The highest BCUT2D eigenvalue weighted by Gasteiger charge is 2.21. The second-order valence-corrected chi connectivity index (χ2v) is 14.3. The van der Waals surface area contributed by atoms with Crippen molar-refractivity contribution in [2.45, 2.75) is 0 Å². The second kappa shape index (κ2) is 17.5. The number of hydrogen-bond acceptors (Lipinski definition) is 5. The highest BCUT2D eigenvalue weighted by Crippen LogP contribution is 2.34. The number of fused-ring (bicyclic) bond motifs is 1. The van der Waals surface area contributed by atoms with E-state index in [0.717, 1.165) is 6.07 Å². The molecule has 0 saturated carbocycles. The van der Waals surface area contributed by atoms with Crippen molar-refractivity contribution in [3.8, 4) is 51.2 Å². The van der Waals surface area contributed by atoms with Crippen molar-refractivity contribution in [1.29, 1.82) is 0 Å². The van der Waals surface area contributed by atoms with Crippen LogP contribution in [0.5, 0.6) is 0 Å². The summed E-state index contributed by atoms with van der Waals surface area (Å²) in [6.07, 6.45) is 1.48. The molecule has 0 bridgehead atoms. The first-order valence-corrected chi connectivity index (χ1v) is 19.6. The number of imidazole rings is 1. The first-order chi connectivity index (χ1) is 31.1. The summed E-state index contributed by atoms with van der Waals surface area (Å²) >= 11 is 0. The number of hydrogen-bond donors (Lipinski definition) is 0. The summed E-state index contributed by atoms with van der Waals surface area (Å²) in [5.74, 6) is -2.59. The average molecular weight is 857 g/mol. The Morgan fingerprint density at radius 1 is 0.469 bits per heavy atom. The number of para-hydroxylation sites is 2. The van der Waals surface area contributed by atoms with E-state index >= 15 is 0 Å². The lowest BCUT2D eigenvalue weighted by Crippen LogP contribution is -2.08. The molecule has 0 N–H and O–H groups in total. The van der Waals surface area contributed by atoms with E-state index < -0.39 is 34.9 Å². The predicted octanol–water partition coefficient (Wildman–Crippen LogP) is 11.7. The topological polar surface area (TPSA) is 93.6 Å². The standard InChI is InChI=1S/C50H30F6N8/c1-57-45(30-8-16-37(52)17-9-30)60-46(58-28-29-6-14-36(51)15-7-29)33-22-34(49-62-47(31-10-18-38(53)19-11-31)61-48(63-49)32-12-20-39(54)21-13-32)26-42(25-33)64-44-5-3-2-4-43(44)59-50(64)35-23-40(55)27-41(56)24-35/h2-28H,1H3. The number of nitrogens with zero attached hydrogens (tertiary/aromatic N) is 8. The molecule has 8 nitrogen and oxygen atoms in total. The Bertz CT molecular complexity index is 3190. The van der Waals surface area contributed by atoms with Gasteiger partial charge in [0.25, 0.3) is 0 Å². The molecule has 0 aliphatic heterocycles. The van der Waals surface area contributed by atoms with Crippen molar-refractivity contribution in [1.82, 2.24) is 24.5 Å². The molecule has 0 unspecified atom stereocenters. The van der Waals surface area contributed by atoms with Gasteiger partial charge in [-0.2, -0.15) is 0 Å². The average Bonchev–Trinajstić information content (AvgIpc) is 3.70. The van der Waals surface area contributed by atoms with Crippen LogP contribution < -0.4 is 0 Å². The van der Waals surface area contributed by atoms with E-state index in [1.54, 1.807) is 47.0 Å². The summed E-state index contributed by atoms with van der Waals surface area (Å²) in [6.45, 7) is 0. The summed E-state index contributed by atoms with van der Waals surface area (Å²) in [4.78, 5) is 33.3. The minimum Gasteiger partial charge on any atom is -0.292 e. The van der Waals surface area contributed by atoms with Crippen LogP contribution in [0, 0.1) is 34.9 Å². The fourth-order valence-corrected chi connectivity index (χ4v) is 6.92. The summed E-state index contributed by atoms with van der Waals surface area (Å²) < 4.78 is 87.9. The number of rotatable bonds is 8. The minimum absolute atomic E-state index is 0.0756. The lowest BCUT2D eigenvalue weighted by Gasteiger charge is -2.15. The molecule has 0 atom stereocenters. The minimum atomic E-state index is -0.813. The molecular formula is C50H30F6N8. The summed E-state index contributed by atoms with van der Waals surface area (Å²) in [7, 11) is 1.52. The Balaban J connectivity index is 1.35. The van der Waals surface area contributed by atoms with Gasteiger partial charge in [-0.3, -0.25) is 9.56 Å². The Morgan fingerprint density at radius 3 is 1.58 bits per heavy atom. The molecule has 0 saturated heterocycles. The van der Waals surface area contributed by atoms with Crippen LogP contribution in [0.1, 0.15) is 16.7 Å². The Labute approximate surface area is 361 Å². The van der Waals surface area contributed by atoms with Crippen molar-refractivity contribution >= 4 is 28.9 Å². The van der Waals surface area contributed by atoms with Gasteiger partial charge >= 0.3 is 0 Å². The highest BCUT2D eigenvalue weighted by molar-refractivity contribution is 6.14. The van der Waals surface area contributed by atoms with Crippen molar-refractivity contribution in [3.63, 3.8) is 0 Å². The maximum Gasteiger partial charge on any atom is 0.164 e. The number of aliphatic imine (C=N–C) groups is 3. The Morgan fingerprint density at radius 2 is 1.00 bits per heavy atom. The fraction of sp³-hybridized carbons (Fsp3) is 0.0200. The van der Waals surface area contributed by atoms with Crippen LogP contribution in [0.2, 0.25) is 0 Å². The van der Waals surface area contributed by atoms with Gasteiger partial charge in [0, 0.05) is 58.4 Å². The largest absolute Gasteiger partial charge is 0.292 e. The van der Waals surface area contributed by atoms with Crippen LogP contribution in [-0.2, 0) is 0 Å². The van der Waals surface area contributed by atoms with Crippen LogP contribution >= 0.6 is 0 Å². The van der Waals surface area contributed by atoms with Crippen molar-refractivity contribution in [2.75, 3.05) is 7.05 Å². The van der Waals surface area contributed by atoms with E-state index in [0.29, 0.717) is 50.1 Å². The van der Waals surface area contributed by atoms with Gasteiger partial charge in [0.15, 0.2) is 29.1 Å². The molecule has 0 radical (unpaired) electrons. The SMILES string of the molecule is CN=C(N=C(N=Cc1ccc(F)cc1)c1cc(-c2nc(-c3ccc(F)cc3)nc(-c3ccc(F)cc3)n2)cc(-n2c(-c3cc(F)cc(F)c3)nc3ccccc32)c1)c1ccc(F)cc1. The monoisotopic (exact) mass is 856 g/mol. The van der Waals surface area contributed by atoms with Crippen molar-refractivity contribution in [2.24, 2.45) is 15.0 Å². The quantitative estimate of drug-likeness (QED) is 0.0864. The first-order valence-electron chi connectivity index (χ1n) is 19.6. The summed E-state index contributed by atoms with van der Waals surface area (Å²) in [5, 5.41) is 0. The van der Waals surface area contributed by atoms with Crippen molar-refractivity contribution < 1.29 is 26.3 Å². The Kier molecular flexibility index (Phi) is 11.2. The Hall–Kier alpha value is -8.39. The predicted molar refractivity (Wildman–Crippen MR) is 235 cm³/mol. The summed E-state index contributed by atoms with van der Waals surface area (Å²) in [5.41, 5.74) is 4.21. The molecule has 64 heavy (non-hydrogen) atoms. The van der Waals surface area contributed by atoms with Gasteiger partial charge in [0.2, 0.25) is 0 Å². The van der Waals surface area contributed by atoms with Crippen LogP contribution in [0.15, 0.2) is 173 Å². The number of amidine groups is 2. The van der Waals surface area contributed by atoms with Crippen LogP contribution in [0.4, 0.5) is 26.3 Å². The third kappa shape index (κ3) is 8.83. The van der Waals surface area contributed by atoms with Crippen LogP contribution in [-0.4, -0.2) is 49.4 Å². The maximum absolute atomic E-state index is 14.9. The number of benzene rings is 7. The molecule has 312 valence electrons. The van der Waals surface area contributed by atoms with Crippen LogP contribution in [0.3, 0.4) is 0 Å². The van der Waals surface area contributed by atoms with Gasteiger partial charge in [-0.25, -0.2) is 56.3 Å². The lowest BCUT2D eigenvalue weighted by atomic mass is 10.1. The van der Waals surface area contributed by atoms with E-state index in [9.17, 15) is 26.3 Å². The van der Waals surface area contributed by atoms with Crippen molar-refractivity contribution in [3.05, 3.63) is 209 Å². The molecule has 2 heterocycles. The molecule has 9 rings (SSSR count). The maximum atomic E-state index is 14.9. The zero-order valence-electron chi connectivity index (χ0n) is 33.4. The van der Waals surface area contributed by atoms with E-state index in [2.05, 4.69) is 9.98 Å². The first kappa shape index (κ1) is 41.0. The van der Waals surface area contributed by atoms with E-state index in [4.69, 9.17) is 24.9 Å². The second-order valence-electron chi connectivity index (χ2n) is 14.3. The third-order valence-electron chi connectivity index (χ3n) is 9.95. The molecule has 0 aliphatic rings. The smallest absolute Gasteiger partial charge is 0.164 e. The highest BCUT2D eigenvalue weighted by atomic mass is 19.1. The lowest BCUT2D eigenvalue weighted by molar-refractivity contribution is 0.584. The molecule has 14 heteroatoms. The van der Waals surface area contributed by atoms with Gasteiger partial charge in [-0.1, -0.05) is 24.3 Å². The molecule has 0 spiro atoms. The van der Waals surface area contributed by atoms with Gasteiger partial charge in [-0.15, -0.1) is 0 Å². The fourth-order valence-electron chi connectivity index (χ4n) is 6.92. The molecule has 0 fully saturated rings. The van der Waals surface area contributed by atoms with Gasteiger partial charge in [0.05, 0.1) is 11.0 Å². The van der Waals surface area contributed by atoms with Gasteiger partial charge in [-0.05, 0) is 133 Å². The summed E-state index contributed by atoms with van der Waals surface area (Å²) in [6, 6.07) is 37.8. The molecule has 9 aromatic rings. The van der Waals surface area contributed by atoms with Gasteiger partial charge in [0.1, 0.15) is 40.7 Å². The zero-order chi connectivity index (χ0) is 44.3. The van der Waals surface area contributed by atoms with Crippen LogP contribution in [0.25, 0.3) is 62.3 Å². The molecular weight excluding hydrogens is 827 g/mol. The molecule has 0 amide bonds. The van der Waals surface area contributed by atoms with E-state index in [1.807, 2.05) is 0 Å².